The van der Waals surface area contributed by atoms with Crippen molar-refractivity contribution in [1.29, 1.82) is 0 Å². The third-order valence-corrected chi connectivity index (χ3v) is 2.43. The zero-order valence-corrected chi connectivity index (χ0v) is 10.9. The second-order valence-electron chi connectivity index (χ2n) is 4.20. The average molecular weight is 280 g/mol. The van der Waals surface area contributed by atoms with E-state index in [1.165, 1.54) is 0 Å². The van der Waals surface area contributed by atoms with Crippen molar-refractivity contribution in [3.8, 4) is 0 Å². The highest BCUT2D eigenvalue weighted by Gasteiger charge is 2.21. The normalized spacial score (nSPS) is 11.4. The number of aromatic nitrogens is 1. The zero-order chi connectivity index (χ0) is 15.1. The SMILES string of the molecule is Cc1ccc(CNC(=O)N[C@@H](CC(N)=O)C(=O)O)cn1. The fraction of sp³-hybridized carbons (Fsp3) is 0.333. The maximum atomic E-state index is 11.5. The van der Waals surface area contributed by atoms with Crippen LogP contribution in [0, 0.1) is 6.92 Å². The van der Waals surface area contributed by atoms with Gasteiger partial charge < -0.3 is 21.5 Å². The van der Waals surface area contributed by atoms with Crippen LogP contribution < -0.4 is 16.4 Å². The van der Waals surface area contributed by atoms with Crippen LogP contribution in [0.25, 0.3) is 0 Å². The van der Waals surface area contributed by atoms with Crippen molar-refractivity contribution in [1.82, 2.24) is 15.6 Å². The number of primary amides is 1. The Bertz CT molecular complexity index is 501. The largest absolute Gasteiger partial charge is 0.480 e. The Morgan fingerprint density at radius 3 is 2.60 bits per heavy atom. The van der Waals surface area contributed by atoms with Crippen LogP contribution in [0.1, 0.15) is 17.7 Å². The van der Waals surface area contributed by atoms with E-state index >= 15 is 0 Å². The lowest BCUT2D eigenvalue weighted by atomic mass is 10.2. The summed E-state index contributed by atoms with van der Waals surface area (Å²) < 4.78 is 0. The molecule has 1 rings (SSSR count). The van der Waals surface area contributed by atoms with Crippen molar-refractivity contribution in [3.63, 3.8) is 0 Å². The summed E-state index contributed by atoms with van der Waals surface area (Å²) in [5, 5.41) is 13.5. The summed E-state index contributed by atoms with van der Waals surface area (Å²) in [7, 11) is 0. The number of hydrogen-bond acceptors (Lipinski definition) is 4. The third-order valence-electron chi connectivity index (χ3n) is 2.43. The van der Waals surface area contributed by atoms with Gasteiger partial charge in [0.25, 0.3) is 0 Å². The Hall–Kier alpha value is -2.64. The molecule has 20 heavy (non-hydrogen) atoms. The predicted octanol–water partition coefficient (Wildman–Crippen LogP) is -0.482. The van der Waals surface area contributed by atoms with E-state index < -0.39 is 30.4 Å². The number of urea groups is 1. The van der Waals surface area contributed by atoms with Crippen molar-refractivity contribution in [2.75, 3.05) is 0 Å². The molecule has 1 heterocycles. The second kappa shape index (κ2) is 7.07. The highest BCUT2D eigenvalue weighted by molar-refractivity contribution is 5.87. The number of carbonyl (C=O) groups is 3. The zero-order valence-electron chi connectivity index (χ0n) is 10.9. The summed E-state index contributed by atoms with van der Waals surface area (Å²) >= 11 is 0. The Balaban J connectivity index is 2.47. The second-order valence-corrected chi connectivity index (χ2v) is 4.20. The first kappa shape index (κ1) is 15.4. The molecule has 5 N–H and O–H groups in total. The van der Waals surface area contributed by atoms with E-state index in [9.17, 15) is 14.4 Å². The molecule has 0 aliphatic rings. The number of hydrogen-bond donors (Lipinski definition) is 4. The Labute approximate surface area is 115 Å². The molecular weight excluding hydrogens is 264 g/mol. The average Bonchev–Trinajstić information content (AvgIpc) is 2.36. The van der Waals surface area contributed by atoms with E-state index in [1.807, 2.05) is 6.92 Å². The highest BCUT2D eigenvalue weighted by atomic mass is 16.4. The highest BCUT2D eigenvalue weighted by Crippen LogP contribution is 1.98. The molecule has 0 unspecified atom stereocenters. The predicted molar refractivity (Wildman–Crippen MR) is 69.6 cm³/mol. The maximum Gasteiger partial charge on any atom is 0.326 e. The Kier molecular flexibility index (Phi) is 5.45. The van der Waals surface area contributed by atoms with Gasteiger partial charge in [0.1, 0.15) is 6.04 Å². The first-order valence-corrected chi connectivity index (χ1v) is 5.85. The molecule has 0 spiro atoms. The van der Waals surface area contributed by atoms with Gasteiger partial charge >= 0.3 is 12.0 Å². The summed E-state index contributed by atoms with van der Waals surface area (Å²) in [5.74, 6) is -2.13. The smallest absolute Gasteiger partial charge is 0.326 e. The number of carboxylic acid groups (broad SMARTS) is 1. The van der Waals surface area contributed by atoms with Crippen molar-refractivity contribution >= 4 is 17.9 Å². The molecule has 108 valence electrons. The topological polar surface area (TPSA) is 134 Å². The molecule has 0 aromatic carbocycles. The molecule has 8 nitrogen and oxygen atoms in total. The van der Waals surface area contributed by atoms with Gasteiger partial charge in [-0.25, -0.2) is 9.59 Å². The van der Waals surface area contributed by atoms with Gasteiger partial charge in [-0.15, -0.1) is 0 Å². The molecule has 3 amide bonds. The van der Waals surface area contributed by atoms with E-state index in [1.54, 1.807) is 18.3 Å². The van der Waals surface area contributed by atoms with Gasteiger partial charge in [0.05, 0.1) is 6.42 Å². The van der Waals surface area contributed by atoms with Gasteiger partial charge in [-0.05, 0) is 18.6 Å². The number of nitrogens with one attached hydrogen (secondary N) is 2. The number of amides is 3. The summed E-state index contributed by atoms with van der Waals surface area (Å²) in [6.07, 6.45) is 1.14. The molecule has 0 saturated carbocycles. The lowest BCUT2D eigenvalue weighted by molar-refractivity contribution is -0.140. The minimum Gasteiger partial charge on any atom is -0.480 e. The number of carbonyl (C=O) groups excluding carboxylic acids is 2. The summed E-state index contributed by atoms with van der Waals surface area (Å²) in [6, 6.07) is 1.55. The van der Waals surface area contributed by atoms with Crippen LogP contribution in [0.3, 0.4) is 0 Å². The molecule has 0 aliphatic heterocycles. The van der Waals surface area contributed by atoms with Crippen LogP contribution in [0.2, 0.25) is 0 Å². The summed E-state index contributed by atoms with van der Waals surface area (Å²) in [4.78, 5) is 37.1. The van der Waals surface area contributed by atoms with Crippen LogP contribution in [-0.4, -0.2) is 34.0 Å². The number of pyridine rings is 1. The number of nitrogens with zero attached hydrogens (tertiary/aromatic N) is 1. The third kappa shape index (κ3) is 5.34. The van der Waals surface area contributed by atoms with Gasteiger partial charge in [0, 0.05) is 18.4 Å². The first-order valence-electron chi connectivity index (χ1n) is 5.85. The van der Waals surface area contributed by atoms with Crippen molar-refractivity contribution in [3.05, 3.63) is 29.6 Å². The van der Waals surface area contributed by atoms with Gasteiger partial charge in [0.15, 0.2) is 0 Å². The fourth-order valence-corrected chi connectivity index (χ4v) is 1.40. The summed E-state index contributed by atoms with van der Waals surface area (Å²) in [6.45, 7) is 2.03. The van der Waals surface area contributed by atoms with E-state index in [0.29, 0.717) is 0 Å². The minimum atomic E-state index is -1.34. The minimum absolute atomic E-state index is 0.196. The first-order chi connectivity index (χ1) is 9.38. The van der Waals surface area contributed by atoms with Crippen LogP contribution in [0.15, 0.2) is 18.3 Å². The monoisotopic (exact) mass is 280 g/mol. The Morgan fingerprint density at radius 1 is 1.40 bits per heavy atom. The van der Waals surface area contributed by atoms with Crippen LogP contribution >= 0.6 is 0 Å². The molecule has 8 heteroatoms. The fourth-order valence-electron chi connectivity index (χ4n) is 1.40. The van der Waals surface area contributed by atoms with Crippen LogP contribution in [0.5, 0.6) is 0 Å². The van der Waals surface area contributed by atoms with Gasteiger partial charge in [0.2, 0.25) is 5.91 Å². The standard InChI is InChI=1S/C12H16N4O4/c1-7-2-3-8(5-14-7)6-15-12(20)16-9(11(18)19)4-10(13)17/h2-3,5,9H,4,6H2,1H3,(H2,13,17)(H,18,19)(H2,15,16,20)/t9-/m0/s1. The van der Waals surface area contributed by atoms with E-state index in [4.69, 9.17) is 10.8 Å². The van der Waals surface area contributed by atoms with Crippen LogP contribution in [0.4, 0.5) is 4.79 Å². The van der Waals surface area contributed by atoms with Crippen molar-refractivity contribution < 1.29 is 19.5 Å². The summed E-state index contributed by atoms with van der Waals surface area (Å²) in [5.41, 5.74) is 6.53. The molecule has 1 atom stereocenters. The number of aliphatic carboxylic acids is 1. The van der Waals surface area contributed by atoms with Crippen molar-refractivity contribution in [2.45, 2.75) is 25.9 Å². The van der Waals surface area contributed by atoms with Crippen molar-refractivity contribution in [2.24, 2.45) is 5.73 Å². The lowest BCUT2D eigenvalue weighted by Gasteiger charge is -2.13. The van der Waals surface area contributed by atoms with Gasteiger partial charge in [-0.1, -0.05) is 6.07 Å². The molecule has 0 radical (unpaired) electrons. The number of rotatable bonds is 6. The molecule has 0 fully saturated rings. The van der Waals surface area contributed by atoms with E-state index in [2.05, 4.69) is 15.6 Å². The molecular formula is C12H16N4O4. The number of nitrogens with two attached hydrogens (primary N) is 1. The van der Waals surface area contributed by atoms with Gasteiger partial charge in [-0.2, -0.15) is 0 Å². The van der Waals surface area contributed by atoms with E-state index in [0.717, 1.165) is 11.3 Å². The molecule has 1 aromatic heterocycles. The van der Waals surface area contributed by atoms with E-state index in [-0.39, 0.29) is 6.54 Å². The molecule has 0 saturated heterocycles. The molecule has 1 aromatic rings. The quantitative estimate of drug-likeness (QED) is 0.558. The number of aryl methyl sites for hydroxylation is 1. The maximum absolute atomic E-state index is 11.5. The van der Waals surface area contributed by atoms with Gasteiger partial charge in [-0.3, -0.25) is 9.78 Å². The Morgan fingerprint density at radius 2 is 2.10 bits per heavy atom. The number of carboxylic acids is 1. The van der Waals surface area contributed by atoms with Crippen LogP contribution in [-0.2, 0) is 16.1 Å². The molecule has 0 bridgehead atoms. The molecule has 0 aliphatic carbocycles. The lowest BCUT2D eigenvalue weighted by Crippen LogP contribution is -2.47.